The smallest absolute Gasteiger partial charge is 0.336 e. The van der Waals surface area contributed by atoms with E-state index in [2.05, 4.69) is 0 Å². The number of imide groups is 2. The number of hydrogen-bond acceptors (Lipinski definition) is 6. The maximum absolute atomic E-state index is 13.4. The molecule has 5 aromatic rings. The molecule has 208 valence electrons. The Morgan fingerprint density at radius 1 is 0.524 bits per heavy atom. The van der Waals surface area contributed by atoms with Crippen molar-refractivity contribution < 1.29 is 39.0 Å². The molecule has 0 saturated carbocycles. The summed E-state index contributed by atoms with van der Waals surface area (Å²) in [6.45, 7) is 0. The van der Waals surface area contributed by atoms with Gasteiger partial charge in [0.2, 0.25) is 0 Å². The summed E-state index contributed by atoms with van der Waals surface area (Å²) in [6, 6.07) is 7.77. The Morgan fingerprint density at radius 3 is 1.17 bits per heavy atom. The number of halogens is 4. The van der Waals surface area contributed by atoms with Crippen LogP contribution in [0.25, 0.3) is 43.1 Å². The summed E-state index contributed by atoms with van der Waals surface area (Å²) in [4.78, 5) is 76.9. The average molecular weight is 644 g/mol. The molecule has 7 rings (SSSR count). The molecule has 0 aliphatic carbocycles. The molecule has 0 fully saturated rings. The largest absolute Gasteiger partial charge is 0.478 e. The Balaban J connectivity index is 1.79. The van der Waals surface area contributed by atoms with E-state index in [-0.39, 0.29) is 76.5 Å². The van der Waals surface area contributed by atoms with Crippen molar-refractivity contribution in [1.29, 1.82) is 0 Å². The van der Waals surface area contributed by atoms with Gasteiger partial charge < -0.3 is 10.2 Å². The van der Waals surface area contributed by atoms with Gasteiger partial charge in [0.05, 0.1) is 11.1 Å². The highest BCUT2D eigenvalue weighted by Crippen LogP contribution is 2.49. The van der Waals surface area contributed by atoms with Crippen LogP contribution in [0.1, 0.15) is 62.1 Å². The predicted molar refractivity (Wildman–Crippen MR) is 154 cm³/mol. The lowest BCUT2D eigenvalue weighted by molar-refractivity contribution is 0.0607. The van der Waals surface area contributed by atoms with Gasteiger partial charge in [-0.05, 0) is 45.8 Å². The number of carbonyl (C=O) groups excluding carboxylic acids is 4. The second kappa shape index (κ2) is 8.65. The van der Waals surface area contributed by atoms with E-state index in [0.29, 0.717) is 9.80 Å². The van der Waals surface area contributed by atoms with Crippen molar-refractivity contribution in [2.75, 3.05) is 0 Å². The Hall–Kier alpha value is -4.22. The number of carboxylic acid groups (broad SMARTS) is 2. The summed E-state index contributed by atoms with van der Waals surface area (Å²) in [6.07, 6.45) is 0. The minimum Gasteiger partial charge on any atom is -0.478 e. The van der Waals surface area contributed by atoms with Gasteiger partial charge in [0.1, 0.15) is 0 Å². The van der Waals surface area contributed by atoms with Gasteiger partial charge >= 0.3 is 11.9 Å². The third-order valence-electron chi connectivity index (χ3n) is 7.75. The average Bonchev–Trinajstić information content (AvgIpc) is 2.92. The van der Waals surface area contributed by atoms with Crippen molar-refractivity contribution in [1.82, 2.24) is 9.80 Å². The molecule has 5 aromatic carbocycles. The SMILES string of the molecule is O=C(O)c1cc2c3c(ccc4c5c(C(=O)O)cc6c7c(ccc(c1c34)c75)C(=O)N(C(Cl)Cl)C6=O)C(=O)N(C(Cl)Cl)C2=O. The zero-order chi connectivity index (χ0) is 30.1. The van der Waals surface area contributed by atoms with E-state index in [1.165, 1.54) is 24.3 Å². The standard InChI is InChI=1S/C28H10Cl4N2O8/c29-27(30)33-21(35)9-3-1-7-15-13(25(39)40)5-12-18-10(22(36)34(24(12)38)28(31)32)4-2-8(20(15)18)16-14(26(41)42)6-11(23(33)37)17(9)19(7)16/h1-6,27-28H,(H,39,40)(H,41,42). The summed E-state index contributed by atoms with van der Waals surface area (Å²) < 4.78 is 0. The molecule has 0 unspecified atom stereocenters. The van der Waals surface area contributed by atoms with Gasteiger partial charge in [-0.1, -0.05) is 58.5 Å². The monoisotopic (exact) mass is 642 g/mol. The van der Waals surface area contributed by atoms with Gasteiger partial charge in [-0.2, -0.15) is 0 Å². The summed E-state index contributed by atoms with van der Waals surface area (Å²) >= 11 is 23.7. The van der Waals surface area contributed by atoms with E-state index in [0.717, 1.165) is 12.1 Å². The minimum absolute atomic E-state index is 0.00460. The molecule has 42 heavy (non-hydrogen) atoms. The molecule has 0 spiro atoms. The zero-order valence-corrected chi connectivity index (χ0v) is 23.4. The number of benzene rings is 5. The number of fused-ring (bicyclic) bond motifs is 2. The van der Waals surface area contributed by atoms with E-state index in [9.17, 15) is 39.0 Å². The molecule has 0 saturated heterocycles. The van der Waals surface area contributed by atoms with Crippen LogP contribution in [0.4, 0.5) is 0 Å². The molecule has 0 bridgehead atoms. The summed E-state index contributed by atoms with van der Waals surface area (Å²) in [5.41, 5.74) is -1.05. The molecule has 2 aliphatic heterocycles. The third kappa shape index (κ3) is 3.12. The van der Waals surface area contributed by atoms with Gasteiger partial charge in [-0.15, -0.1) is 0 Å². The highest BCUT2D eigenvalue weighted by Gasteiger charge is 2.41. The highest BCUT2D eigenvalue weighted by molar-refractivity contribution is 6.50. The number of rotatable bonds is 4. The molecule has 10 nitrogen and oxygen atoms in total. The summed E-state index contributed by atoms with van der Waals surface area (Å²) in [7, 11) is 0. The van der Waals surface area contributed by atoms with Gasteiger partial charge in [0, 0.05) is 43.8 Å². The van der Waals surface area contributed by atoms with Gasteiger partial charge in [-0.3, -0.25) is 19.2 Å². The van der Waals surface area contributed by atoms with Gasteiger partial charge in [0.15, 0.2) is 9.92 Å². The van der Waals surface area contributed by atoms with Crippen LogP contribution >= 0.6 is 46.4 Å². The van der Waals surface area contributed by atoms with Crippen molar-refractivity contribution in [3.8, 4) is 0 Å². The number of nitrogens with zero attached hydrogens (tertiary/aromatic N) is 2. The highest BCUT2D eigenvalue weighted by atomic mass is 35.5. The zero-order valence-electron chi connectivity index (χ0n) is 20.4. The predicted octanol–water partition coefficient (Wildman–Crippen LogP) is 5.85. The fourth-order valence-corrected chi connectivity index (χ4v) is 6.91. The quantitative estimate of drug-likeness (QED) is 0.0814. The normalized spacial score (nSPS) is 15.1. The van der Waals surface area contributed by atoms with Crippen LogP contribution in [-0.4, -0.2) is 65.5 Å². The van der Waals surface area contributed by atoms with Crippen LogP contribution in [0.15, 0.2) is 36.4 Å². The number of alkyl halides is 4. The van der Waals surface area contributed by atoms with Crippen molar-refractivity contribution in [3.63, 3.8) is 0 Å². The van der Waals surface area contributed by atoms with E-state index >= 15 is 0 Å². The van der Waals surface area contributed by atoms with Crippen LogP contribution in [0.3, 0.4) is 0 Å². The van der Waals surface area contributed by atoms with E-state index in [1.807, 2.05) is 0 Å². The molecular weight excluding hydrogens is 634 g/mol. The van der Waals surface area contributed by atoms with Crippen LogP contribution in [0.2, 0.25) is 0 Å². The lowest BCUT2D eigenvalue weighted by Gasteiger charge is -2.31. The second-order valence-electron chi connectivity index (χ2n) is 9.64. The fourth-order valence-electron chi connectivity index (χ4n) is 6.20. The maximum Gasteiger partial charge on any atom is 0.336 e. The topological polar surface area (TPSA) is 149 Å². The van der Waals surface area contributed by atoms with E-state index in [4.69, 9.17) is 46.4 Å². The van der Waals surface area contributed by atoms with Crippen LogP contribution < -0.4 is 0 Å². The molecule has 2 aliphatic rings. The Morgan fingerprint density at radius 2 is 0.857 bits per heavy atom. The summed E-state index contributed by atoms with van der Waals surface area (Å²) in [5.74, 6) is -6.39. The molecule has 2 heterocycles. The molecule has 0 radical (unpaired) electrons. The van der Waals surface area contributed by atoms with Crippen molar-refractivity contribution in [2.45, 2.75) is 9.92 Å². The van der Waals surface area contributed by atoms with Gasteiger partial charge in [0.25, 0.3) is 23.6 Å². The van der Waals surface area contributed by atoms with Crippen molar-refractivity contribution >= 4 is 125 Å². The first kappa shape index (κ1) is 26.7. The maximum atomic E-state index is 13.4. The first-order valence-electron chi connectivity index (χ1n) is 11.9. The molecular formula is C28H10Cl4N2O8. The molecule has 0 aromatic heterocycles. The van der Waals surface area contributed by atoms with E-state index < -0.39 is 45.5 Å². The number of carboxylic acids is 2. The van der Waals surface area contributed by atoms with E-state index in [1.54, 1.807) is 0 Å². The van der Waals surface area contributed by atoms with Crippen molar-refractivity contribution in [3.05, 3.63) is 69.8 Å². The second-order valence-corrected chi connectivity index (χ2v) is 11.7. The molecule has 14 heteroatoms. The van der Waals surface area contributed by atoms with Crippen molar-refractivity contribution in [2.24, 2.45) is 0 Å². The van der Waals surface area contributed by atoms with Crippen LogP contribution in [-0.2, 0) is 0 Å². The Kier molecular flexibility index (Phi) is 5.49. The number of hydrogen-bond donors (Lipinski definition) is 2. The van der Waals surface area contributed by atoms with Crippen LogP contribution in [0.5, 0.6) is 0 Å². The Bertz CT molecular complexity index is 2050. The molecule has 4 amide bonds. The van der Waals surface area contributed by atoms with Gasteiger partial charge in [-0.25, -0.2) is 19.4 Å². The van der Waals surface area contributed by atoms with Crippen LogP contribution in [0, 0.1) is 0 Å². The summed E-state index contributed by atoms with van der Waals surface area (Å²) in [5, 5.41) is 21.6. The number of amides is 4. The third-order valence-corrected chi connectivity index (χ3v) is 8.53. The number of carbonyl (C=O) groups is 6. The molecule has 2 N–H and O–H groups in total. The fraction of sp³-hybridized carbons (Fsp3) is 0.0714. The lowest BCUT2D eigenvalue weighted by atomic mass is 9.79. The minimum atomic E-state index is -1.57. The number of aromatic carboxylic acids is 2. The lowest BCUT2D eigenvalue weighted by Crippen LogP contribution is -2.43. The Labute approximate surface area is 252 Å². The first-order valence-corrected chi connectivity index (χ1v) is 13.7. The molecule has 0 atom stereocenters. The first-order chi connectivity index (χ1) is 19.9.